The molecule has 0 bridgehead atoms. The molecule has 0 radical (unpaired) electrons. The Morgan fingerprint density at radius 2 is 2.00 bits per heavy atom. The molecule has 2 aromatic carbocycles. The summed E-state index contributed by atoms with van der Waals surface area (Å²) in [5, 5.41) is 11.2. The van der Waals surface area contributed by atoms with Crippen molar-refractivity contribution in [1.29, 1.82) is 0 Å². The Morgan fingerprint density at radius 3 is 2.62 bits per heavy atom. The van der Waals surface area contributed by atoms with Gasteiger partial charge in [0.25, 0.3) is 5.69 Å². The number of ether oxygens (including phenoxy) is 3. The number of halogens is 2. The summed E-state index contributed by atoms with van der Waals surface area (Å²) >= 11 is 12.3. The van der Waals surface area contributed by atoms with Crippen LogP contribution in [0.25, 0.3) is 6.08 Å². The van der Waals surface area contributed by atoms with Gasteiger partial charge in [-0.05, 0) is 36.8 Å². The van der Waals surface area contributed by atoms with Crippen LogP contribution in [0.4, 0.5) is 5.69 Å². The first-order valence-corrected chi connectivity index (χ1v) is 9.06. The number of benzene rings is 2. The van der Waals surface area contributed by atoms with Gasteiger partial charge >= 0.3 is 5.97 Å². The summed E-state index contributed by atoms with van der Waals surface area (Å²) in [4.78, 5) is 26.6. The van der Waals surface area contributed by atoms with Gasteiger partial charge in [-0.15, -0.1) is 0 Å². The molecule has 0 atom stereocenters. The van der Waals surface area contributed by atoms with Crippen LogP contribution in [0.15, 0.2) is 41.0 Å². The summed E-state index contributed by atoms with van der Waals surface area (Å²) in [6.45, 7) is 2.23. The van der Waals surface area contributed by atoms with Gasteiger partial charge in [0.2, 0.25) is 5.90 Å². The predicted molar refractivity (Wildman–Crippen MR) is 108 cm³/mol. The lowest BCUT2D eigenvalue weighted by molar-refractivity contribution is -0.384. The molecule has 0 N–H and O–H groups in total. The highest BCUT2D eigenvalue weighted by Gasteiger charge is 2.27. The van der Waals surface area contributed by atoms with E-state index in [0.29, 0.717) is 28.7 Å². The average molecular weight is 437 g/mol. The molecule has 0 saturated carbocycles. The van der Waals surface area contributed by atoms with Gasteiger partial charge in [-0.1, -0.05) is 23.2 Å². The third-order valence-electron chi connectivity index (χ3n) is 3.86. The molecule has 1 heterocycles. The molecule has 1 aliphatic rings. The van der Waals surface area contributed by atoms with Crippen molar-refractivity contribution in [3.05, 3.63) is 67.3 Å². The first kappa shape index (κ1) is 20.6. The number of carbonyl (C=O) groups excluding carboxylic acids is 1. The van der Waals surface area contributed by atoms with Gasteiger partial charge in [0, 0.05) is 12.1 Å². The number of nitro groups is 1. The van der Waals surface area contributed by atoms with E-state index in [1.165, 1.54) is 25.3 Å². The monoisotopic (exact) mass is 436 g/mol. The van der Waals surface area contributed by atoms with Crippen molar-refractivity contribution >= 4 is 46.8 Å². The molecular formula is C19H14Cl2N2O6. The fraction of sp³-hybridized carbons (Fsp3) is 0.158. The maximum Gasteiger partial charge on any atom is 0.363 e. The van der Waals surface area contributed by atoms with Gasteiger partial charge in [0.1, 0.15) is 0 Å². The second kappa shape index (κ2) is 8.50. The minimum atomic E-state index is -0.696. The number of cyclic esters (lactones) is 1. The third kappa shape index (κ3) is 4.33. The Morgan fingerprint density at radius 1 is 1.24 bits per heavy atom. The highest BCUT2D eigenvalue weighted by atomic mass is 35.5. The van der Waals surface area contributed by atoms with Gasteiger partial charge in [-0.3, -0.25) is 10.1 Å². The molecule has 0 amide bonds. The first-order valence-electron chi connectivity index (χ1n) is 8.31. The number of aliphatic imine (C=N–C) groups is 1. The fourth-order valence-electron chi connectivity index (χ4n) is 2.58. The van der Waals surface area contributed by atoms with Gasteiger partial charge in [-0.25, -0.2) is 9.79 Å². The Bertz CT molecular complexity index is 1060. The maximum atomic E-state index is 12.2. The van der Waals surface area contributed by atoms with Crippen molar-refractivity contribution in [1.82, 2.24) is 0 Å². The molecule has 2 aromatic rings. The van der Waals surface area contributed by atoms with Crippen molar-refractivity contribution in [2.75, 3.05) is 13.7 Å². The highest BCUT2D eigenvalue weighted by molar-refractivity contribution is 6.35. The first-order chi connectivity index (χ1) is 13.8. The molecule has 1 aliphatic heterocycles. The largest absolute Gasteiger partial charge is 0.493 e. The smallest absolute Gasteiger partial charge is 0.363 e. The van der Waals surface area contributed by atoms with E-state index >= 15 is 0 Å². The summed E-state index contributed by atoms with van der Waals surface area (Å²) in [7, 11) is 1.47. The van der Waals surface area contributed by atoms with Crippen LogP contribution in [0.3, 0.4) is 0 Å². The molecule has 0 spiro atoms. The molecule has 0 saturated heterocycles. The van der Waals surface area contributed by atoms with Gasteiger partial charge < -0.3 is 14.2 Å². The zero-order valence-corrected chi connectivity index (χ0v) is 16.8. The van der Waals surface area contributed by atoms with Gasteiger partial charge in [-0.2, -0.15) is 0 Å². The number of nitrogens with zero attached hydrogens (tertiary/aromatic N) is 2. The zero-order valence-electron chi connectivity index (χ0n) is 15.3. The van der Waals surface area contributed by atoms with E-state index in [-0.39, 0.29) is 27.9 Å². The Kier molecular flexibility index (Phi) is 6.05. The number of rotatable bonds is 6. The molecule has 0 aromatic heterocycles. The molecule has 0 aliphatic carbocycles. The second-order valence-electron chi connectivity index (χ2n) is 5.72. The van der Waals surface area contributed by atoms with Crippen LogP contribution < -0.4 is 9.47 Å². The molecule has 0 fully saturated rings. The summed E-state index contributed by atoms with van der Waals surface area (Å²) in [6.07, 6.45) is 1.47. The lowest BCUT2D eigenvalue weighted by Gasteiger charge is -2.11. The minimum Gasteiger partial charge on any atom is -0.493 e. The highest BCUT2D eigenvalue weighted by Crippen LogP contribution is 2.37. The zero-order chi connectivity index (χ0) is 21.1. The van der Waals surface area contributed by atoms with Crippen LogP contribution in [0.5, 0.6) is 11.5 Å². The summed E-state index contributed by atoms with van der Waals surface area (Å²) in [6, 6.07) is 7.01. The van der Waals surface area contributed by atoms with Crippen LogP contribution in [-0.4, -0.2) is 30.5 Å². The van der Waals surface area contributed by atoms with Crippen molar-refractivity contribution in [2.24, 2.45) is 4.99 Å². The number of hydrogen-bond donors (Lipinski definition) is 0. The number of carbonyl (C=O) groups is 1. The third-order valence-corrected chi connectivity index (χ3v) is 4.45. The molecular weight excluding hydrogens is 423 g/mol. The van der Waals surface area contributed by atoms with E-state index in [4.69, 9.17) is 37.4 Å². The quantitative estimate of drug-likeness (QED) is 0.282. The molecule has 0 unspecified atom stereocenters. The van der Waals surface area contributed by atoms with Crippen molar-refractivity contribution in [2.45, 2.75) is 6.92 Å². The van der Waals surface area contributed by atoms with Crippen LogP contribution >= 0.6 is 23.2 Å². The molecule has 3 rings (SSSR count). The minimum absolute atomic E-state index is 0.0108. The van der Waals surface area contributed by atoms with E-state index < -0.39 is 10.9 Å². The number of methoxy groups -OCH3 is 1. The number of nitro benzene ring substituents is 1. The van der Waals surface area contributed by atoms with Crippen LogP contribution in [0.2, 0.25) is 10.0 Å². The summed E-state index contributed by atoms with van der Waals surface area (Å²) in [5.74, 6) is 0.0541. The van der Waals surface area contributed by atoms with E-state index in [0.717, 1.165) is 6.07 Å². The van der Waals surface area contributed by atoms with Gasteiger partial charge in [0.15, 0.2) is 17.2 Å². The lowest BCUT2D eigenvalue weighted by Crippen LogP contribution is -2.06. The molecule has 150 valence electrons. The van der Waals surface area contributed by atoms with Crippen molar-refractivity contribution in [3.63, 3.8) is 0 Å². The molecule has 29 heavy (non-hydrogen) atoms. The normalized spacial score (nSPS) is 14.6. The molecule has 8 nitrogen and oxygen atoms in total. The van der Waals surface area contributed by atoms with Crippen LogP contribution in [0.1, 0.15) is 18.1 Å². The number of esters is 1. The van der Waals surface area contributed by atoms with E-state index in [9.17, 15) is 14.9 Å². The Balaban J connectivity index is 1.97. The fourth-order valence-corrected chi connectivity index (χ4v) is 3.11. The van der Waals surface area contributed by atoms with E-state index in [2.05, 4.69) is 4.99 Å². The van der Waals surface area contributed by atoms with Crippen molar-refractivity contribution in [3.8, 4) is 11.5 Å². The summed E-state index contributed by atoms with van der Waals surface area (Å²) < 4.78 is 15.9. The number of non-ortho nitro benzene ring substituents is 1. The van der Waals surface area contributed by atoms with Crippen LogP contribution in [-0.2, 0) is 9.53 Å². The van der Waals surface area contributed by atoms with Crippen LogP contribution in [0, 0.1) is 10.1 Å². The van der Waals surface area contributed by atoms with Gasteiger partial charge in [0.05, 0.1) is 34.2 Å². The second-order valence-corrected chi connectivity index (χ2v) is 6.54. The Hall–Kier alpha value is -3.10. The van der Waals surface area contributed by atoms with E-state index in [1.54, 1.807) is 12.1 Å². The maximum absolute atomic E-state index is 12.2. The lowest BCUT2D eigenvalue weighted by atomic mass is 10.1. The summed E-state index contributed by atoms with van der Waals surface area (Å²) in [5.41, 5.74) is 0.630. The standard InChI is InChI=1S/C19H14Cl2N2O6/c1-3-28-17-14(21)6-10(8-16(17)27-2)7-15-19(24)29-18(22-15)12-5-4-11(23(25)26)9-13(12)20/h4-9H,3H2,1-2H3/b15-7-. The van der Waals surface area contributed by atoms with E-state index in [1.807, 2.05) is 6.92 Å². The predicted octanol–water partition coefficient (Wildman–Crippen LogP) is 4.65. The topological polar surface area (TPSA) is 100 Å². The molecule has 10 heteroatoms. The average Bonchev–Trinajstić information content (AvgIpc) is 3.03. The number of hydrogen-bond acceptors (Lipinski definition) is 7. The van der Waals surface area contributed by atoms with Crippen molar-refractivity contribution < 1.29 is 23.9 Å². The SMILES string of the molecule is CCOc1c(Cl)cc(/C=C2\N=C(c3ccc([N+](=O)[O-])cc3Cl)OC2=O)cc1OC. The Labute approximate surface area is 175 Å².